The molecule has 1 fully saturated rings. The van der Waals surface area contributed by atoms with Crippen molar-refractivity contribution in [3.05, 3.63) is 34.3 Å². The summed E-state index contributed by atoms with van der Waals surface area (Å²) in [5.41, 5.74) is 0.928. The van der Waals surface area contributed by atoms with Gasteiger partial charge in [0.25, 0.3) is 0 Å². The smallest absolute Gasteiger partial charge is 0.246 e. The highest BCUT2D eigenvalue weighted by Gasteiger charge is 2.33. The average Bonchev–Trinajstić information content (AvgIpc) is 2.41. The first-order valence-corrected chi connectivity index (χ1v) is 7.71. The number of carbonyl (C=O) groups is 1. The van der Waals surface area contributed by atoms with Crippen LogP contribution >= 0.6 is 15.9 Å². The molecule has 2 rings (SSSR count). The highest BCUT2D eigenvalue weighted by molar-refractivity contribution is 9.10. The molecule has 1 aromatic rings. The lowest BCUT2D eigenvalue weighted by molar-refractivity contribution is -0.136. The highest BCUT2D eigenvalue weighted by atomic mass is 79.9. The molecule has 0 saturated carbocycles. The Bertz CT molecular complexity index is 457. The molecule has 0 aliphatic carbocycles. The third-order valence-electron chi connectivity index (χ3n) is 3.57. The second-order valence-electron chi connectivity index (χ2n) is 5.42. The Morgan fingerprint density at radius 3 is 2.60 bits per heavy atom. The van der Waals surface area contributed by atoms with Crippen LogP contribution in [0.4, 0.5) is 0 Å². The van der Waals surface area contributed by atoms with Gasteiger partial charge in [0, 0.05) is 17.6 Å². The molecule has 1 aromatic carbocycles. The third kappa shape index (κ3) is 4.04. The van der Waals surface area contributed by atoms with Gasteiger partial charge in [0.2, 0.25) is 5.91 Å². The van der Waals surface area contributed by atoms with Crippen LogP contribution in [0.5, 0.6) is 0 Å². The molecule has 4 nitrogen and oxygen atoms in total. The predicted octanol–water partition coefficient (Wildman–Crippen LogP) is 2.39. The number of nitrogens with one attached hydrogen (secondary N) is 2. The van der Waals surface area contributed by atoms with E-state index in [0.717, 1.165) is 29.5 Å². The molecule has 1 amide bonds. The molecule has 0 radical (unpaired) electrons. The molecule has 0 aromatic heterocycles. The quantitative estimate of drug-likeness (QED) is 0.835. The van der Waals surface area contributed by atoms with Crippen molar-refractivity contribution in [1.29, 1.82) is 0 Å². The first kappa shape index (κ1) is 15.5. The Morgan fingerprint density at radius 1 is 1.45 bits per heavy atom. The Morgan fingerprint density at radius 2 is 2.10 bits per heavy atom. The molecule has 0 bridgehead atoms. The minimum atomic E-state index is -0.184. The Labute approximate surface area is 128 Å². The first-order chi connectivity index (χ1) is 9.52. The molecule has 1 aliphatic heterocycles. The van der Waals surface area contributed by atoms with E-state index in [4.69, 9.17) is 4.74 Å². The summed E-state index contributed by atoms with van der Waals surface area (Å²) < 4.78 is 6.68. The van der Waals surface area contributed by atoms with Gasteiger partial charge in [-0.25, -0.2) is 0 Å². The second kappa shape index (κ2) is 6.70. The van der Waals surface area contributed by atoms with Gasteiger partial charge in [-0.05, 0) is 31.0 Å². The number of hydrogen-bond acceptors (Lipinski definition) is 3. The van der Waals surface area contributed by atoms with E-state index in [9.17, 15) is 4.79 Å². The molecule has 1 unspecified atom stereocenters. The van der Waals surface area contributed by atoms with Gasteiger partial charge in [-0.15, -0.1) is 0 Å². The second-order valence-corrected chi connectivity index (χ2v) is 6.34. The highest BCUT2D eigenvalue weighted by Crippen LogP contribution is 2.20. The van der Waals surface area contributed by atoms with Crippen LogP contribution in [0.1, 0.15) is 31.9 Å². The molecule has 1 saturated heterocycles. The fraction of sp³-hybridized carbons (Fsp3) is 0.533. The van der Waals surface area contributed by atoms with Crippen molar-refractivity contribution in [2.24, 2.45) is 0 Å². The van der Waals surface area contributed by atoms with Crippen molar-refractivity contribution in [2.45, 2.75) is 31.9 Å². The van der Waals surface area contributed by atoms with Crippen molar-refractivity contribution in [1.82, 2.24) is 10.6 Å². The molecule has 1 atom stereocenters. The molecule has 110 valence electrons. The maximum absolute atomic E-state index is 12.0. The van der Waals surface area contributed by atoms with Gasteiger partial charge in [-0.3, -0.25) is 4.79 Å². The largest absolute Gasteiger partial charge is 0.363 e. The van der Waals surface area contributed by atoms with Crippen molar-refractivity contribution < 1.29 is 9.53 Å². The topological polar surface area (TPSA) is 50.4 Å². The number of benzene rings is 1. The minimum absolute atomic E-state index is 0.0338. The summed E-state index contributed by atoms with van der Waals surface area (Å²) in [4.78, 5) is 12.0. The fourth-order valence-electron chi connectivity index (χ4n) is 2.17. The first-order valence-electron chi connectivity index (χ1n) is 6.92. The number of carbonyl (C=O) groups excluding carboxylic acids is 1. The lowest BCUT2D eigenvalue weighted by atomic mass is 10.0. The summed E-state index contributed by atoms with van der Waals surface area (Å²) in [5.74, 6) is -0.0621. The van der Waals surface area contributed by atoms with E-state index < -0.39 is 0 Å². The van der Waals surface area contributed by atoms with Gasteiger partial charge in [0.05, 0.1) is 11.6 Å². The maximum Gasteiger partial charge on any atom is 0.246 e. The Kier molecular flexibility index (Phi) is 5.18. The van der Waals surface area contributed by atoms with Crippen molar-refractivity contribution in [3.63, 3.8) is 0 Å². The van der Waals surface area contributed by atoms with Crippen LogP contribution < -0.4 is 10.6 Å². The van der Waals surface area contributed by atoms with Crippen molar-refractivity contribution in [3.8, 4) is 0 Å². The Balaban J connectivity index is 1.85. The summed E-state index contributed by atoms with van der Waals surface area (Å²) in [6.45, 7) is 5.81. The van der Waals surface area contributed by atoms with E-state index in [-0.39, 0.29) is 24.2 Å². The zero-order valence-electron chi connectivity index (χ0n) is 11.9. The lowest BCUT2D eigenvalue weighted by Gasteiger charge is -2.38. The molecule has 0 spiro atoms. The van der Waals surface area contributed by atoms with E-state index in [1.54, 1.807) is 0 Å². The summed E-state index contributed by atoms with van der Waals surface area (Å²) in [6.07, 6.45) is 0.853. The van der Waals surface area contributed by atoms with Crippen LogP contribution in [0, 0.1) is 0 Å². The SMILES string of the molecule is CCC(NC(=O)COC1(C)CNC1)c1ccc(Br)cc1. The van der Waals surface area contributed by atoms with Gasteiger partial charge < -0.3 is 15.4 Å². The van der Waals surface area contributed by atoms with Crippen LogP contribution in [0.3, 0.4) is 0 Å². The van der Waals surface area contributed by atoms with E-state index in [2.05, 4.69) is 33.5 Å². The molecule has 1 aliphatic rings. The molecule has 20 heavy (non-hydrogen) atoms. The molecule has 2 N–H and O–H groups in total. The van der Waals surface area contributed by atoms with Gasteiger partial charge >= 0.3 is 0 Å². The summed E-state index contributed by atoms with van der Waals surface area (Å²) in [6, 6.07) is 8.06. The normalized spacial score (nSPS) is 18.1. The number of ether oxygens (including phenoxy) is 1. The fourth-order valence-corrected chi connectivity index (χ4v) is 2.44. The zero-order valence-corrected chi connectivity index (χ0v) is 13.5. The van der Waals surface area contributed by atoms with E-state index in [1.807, 2.05) is 31.2 Å². The number of amides is 1. The summed E-state index contributed by atoms with van der Waals surface area (Å²) in [5, 5.41) is 6.17. The number of hydrogen-bond donors (Lipinski definition) is 2. The maximum atomic E-state index is 12.0. The van der Waals surface area contributed by atoms with Gasteiger partial charge in [0.15, 0.2) is 0 Å². The summed E-state index contributed by atoms with van der Waals surface area (Å²) in [7, 11) is 0. The molecule has 1 heterocycles. The van der Waals surface area contributed by atoms with Crippen LogP contribution in [0.2, 0.25) is 0 Å². The third-order valence-corrected chi connectivity index (χ3v) is 4.09. The van der Waals surface area contributed by atoms with Gasteiger partial charge in [0.1, 0.15) is 6.61 Å². The summed E-state index contributed by atoms with van der Waals surface area (Å²) >= 11 is 3.42. The van der Waals surface area contributed by atoms with Gasteiger partial charge in [-0.2, -0.15) is 0 Å². The van der Waals surface area contributed by atoms with Crippen LogP contribution in [0.25, 0.3) is 0 Å². The molecule has 5 heteroatoms. The average molecular weight is 341 g/mol. The Hall–Kier alpha value is -0.910. The monoisotopic (exact) mass is 340 g/mol. The van der Waals surface area contributed by atoms with Crippen molar-refractivity contribution >= 4 is 21.8 Å². The lowest BCUT2D eigenvalue weighted by Crippen LogP contribution is -2.59. The van der Waals surface area contributed by atoms with Crippen LogP contribution in [-0.2, 0) is 9.53 Å². The standard InChI is InChI=1S/C15H21BrN2O2/c1-3-13(11-4-6-12(16)7-5-11)18-14(19)8-20-15(2)9-17-10-15/h4-7,13,17H,3,8-10H2,1-2H3,(H,18,19). The molecular formula is C15H21BrN2O2. The number of halogens is 1. The predicted molar refractivity (Wildman–Crippen MR) is 82.5 cm³/mol. The minimum Gasteiger partial charge on any atom is -0.363 e. The molecular weight excluding hydrogens is 320 g/mol. The van der Waals surface area contributed by atoms with E-state index in [1.165, 1.54) is 0 Å². The van der Waals surface area contributed by atoms with E-state index >= 15 is 0 Å². The van der Waals surface area contributed by atoms with Crippen molar-refractivity contribution in [2.75, 3.05) is 19.7 Å². The number of rotatable bonds is 6. The van der Waals surface area contributed by atoms with E-state index in [0.29, 0.717) is 0 Å². The van der Waals surface area contributed by atoms with Gasteiger partial charge in [-0.1, -0.05) is 35.0 Å². The van der Waals surface area contributed by atoms with Crippen LogP contribution in [0.15, 0.2) is 28.7 Å². The zero-order chi connectivity index (χ0) is 14.6. The van der Waals surface area contributed by atoms with Crippen LogP contribution in [-0.4, -0.2) is 31.2 Å².